The number of rotatable bonds is 5. The number of hydrogen-bond donors (Lipinski definition) is 1. The van der Waals surface area contributed by atoms with E-state index in [-0.39, 0.29) is 11.8 Å². The van der Waals surface area contributed by atoms with E-state index in [0.29, 0.717) is 30.2 Å². The van der Waals surface area contributed by atoms with Gasteiger partial charge >= 0.3 is 0 Å². The molecule has 0 radical (unpaired) electrons. The van der Waals surface area contributed by atoms with Crippen LogP contribution in [0.25, 0.3) is 11.1 Å². The minimum Gasteiger partial charge on any atom is -0.360 e. The second kappa shape index (κ2) is 7.40. The van der Waals surface area contributed by atoms with Crippen LogP contribution in [0.4, 0.5) is 5.69 Å². The lowest BCUT2D eigenvalue weighted by molar-refractivity contribution is -0.118. The third-order valence-corrected chi connectivity index (χ3v) is 5.80. The van der Waals surface area contributed by atoms with Crippen LogP contribution in [0, 0.1) is 0 Å². The number of aryl methyl sites for hydroxylation is 1. The molecule has 0 spiro atoms. The summed E-state index contributed by atoms with van der Waals surface area (Å²) in [6, 6.07) is 8.15. The topological polar surface area (TPSA) is 88.3 Å². The highest BCUT2D eigenvalue weighted by Crippen LogP contribution is 2.41. The van der Waals surface area contributed by atoms with Crippen molar-refractivity contribution in [3.05, 3.63) is 65.3 Å². The standard InChI is InChI=1S/C23H22N4O3/c1-27-20-6-4-16(9-17(20)5-7-21(27)28)18-8-14(10-24-12-18)11-25-23(29)19-13-26-30-22(19)15-2-3-15/h4,6,8-10,12-13,15H,2-3,5,7,11H2,1H3,(H,25,29). The Morgan fingerprint density at radius 2 is 2.03 bits per heavy atom. The Bertz CT molecular complexity index is 1130. The molecule has 1 N–H and O–H groups in total. The highest BCUT2D eigenvalue weighted by atomic mass is 16.5. The molecule has 0 saturated heterocycles. The molecule has 1 fully saturated rings. The first kappa shape index (κ1) is 18.5. The Morgan fingerprint density at radius 1 is 1.17 bits per heavy atom. The number of anilines is 1. The quantitative estimate of drug-likeness (QED) is 0.706. The van der Waals surface area contributed by atoms with Gasteiger partial charge in [-0.3, -0.25) is 14.6 Å². The Morgan fingerprint density at radius 3 is 2.87 bits per heavy atom. The molecule has 2 amide bonds. The van der Waals surface area contributed by atoms with Gasteiger partial charge in [0.1, 0.15) is 5.56 Å². The fourth-order valence-corrected chi connectivity index (χ4v) is 3.91. The summed E-state index contributed by atoms with van der Waals surface area (Å²) in [7, 11) is 1.81. The first-order valence-electron chi connectivity index (χ1n) is 10.2. The summed E-state index contributed by atoms with van der Waals surface area (Å²) < 4.78 is 5.25. The van der Waals surface area contributed by atoms with Crippen LogP contribution >= 0.6 is 0 Å². The molecule has 2 aliphatic rings. The molecule has 1 saturated carbocycles. The number of benzene rings is 1. The average Bonchev–Trinajstić information content (AvgIpc) is 3.50. The van der Waals surface area contributed by atoms with Crippen molar-refractivity contribution in [3.63, 3.8) is 0 Å². The van der Waals surface area contributed by atoms with Gasteiger partial charge in [0, 0.05) is 49.6 Å². The van der Waals surface area contributed by atoms with E-state index in [9.17, 15) is 9.59 Å². The van der Waals surface area contributed by atoms with Gasteiger partial charge in [-0.15, -0.1) is 0 Å². The number of hydrogen-bond acceptors (Lipinski definition) is 5. The van der Waals surface area contributed by atoms with Crippen molar-refractivity contribution >= 4 is 17.5 Å². The molecule has 5 rings (SSSR count). The molecule has 0 unspecified atom stereocenters. The van der Waals surface area contributed by atoms with Gasteiger partial charge in [-0.1, -0.05) is 11.2 Å². The number of carbonyl (C=O) groups is 2. The normalized spacial score (nSPS) is 15.8. The van der Waals surface area contributed by atoms with Crippen LogP contribution in [0.2, 0.25) is 0 Å². The lowest BCUT2D eigenvalue weighted by Crippen LogP contribution is -2.30. The van der Waals surface area contributed by atoms with E-state index < -0.39 is 0 Å². The summed E-state index contributed by atoms with van der Waals surface area (Å²) in [5.41, 5.74) is 5.59. The summed E-state index contributed by atoms with van der Waals surface area (Å²) in [5.74, 6) is 0.992. The van der Waals surface area contributed by atoms with Gasteiger partial charge in [-0.05, 0) is 54.2 Å². The van der Waals surface area contributed by atoms with Crippen LogP contribution in [0.5, 0.6) is 0 Å². The Balaban J connectivity index is 1.32. The van der Waals surface area contributed by atoms with Crippen molar-refractivity contribution in [2.75, 3.05) is 11.9 Å². The smallest absolute Gasteiger partial charge is 0.256 e. The number of nitrogens with zero attached hydrogens (tertiary/aromatic N) is 3. The molecule has 7 nitrogen and oxygen atoms in total. The van der Waals surface area contributed by atoms with Crippen LogP contribution in [0.15, 0.2) is 47.4 Å². The molecular formula is C23H22N4O3. The number of amides is 2. The predicted octanol–water partition coefficient (Wildman–Crippen LogP) is 3.45. The Hall–Kier alpha value is -3.48. The van der Waals surface area contributed by atoms with Crippen molar-refractivity contribution in [2.24, 2.45) is 0 Å². The largest absolute Gasteiger partial charge is 0.360 e. The first-order valence-corrected chi connectivity index (χ1v) is 10.2. The van der Waals surface area contributed by atoms with Crippen molar-refractivity contribution in [3.8, 4) is 11.1 Å². The number of nitrogens with one attached hydrogen (secondary N) is 1. The van der Waals surface area contributed by atoms with Crippen molar-refractivity contribution in [1.82, 2.24) is 15.5 Å². The lowest BCUT2D eigenvalue weighted by Gasteiger charge is -2.26. The van der Waals surface area contributed by atoms with E-state index in [1.165, 1.54) is 6.20 Å². The molecule has 1 aliphatic heterocycles. The van der Waals surface area contributed by atoms with Gasteiger partial charge in [0.25, 0.3) is 5.91 Å². The van der Waals surface area contributed by atoms with E-state index in [1.807, 2.05) is 31.4 Å². The predicted molar refractivity (Wildman–Crippen MR) is 111 cm³/mol. The maximum Gasteiger partial charge on any atom is 0.256 e. The molecule has 7 heteroatoms. The van der Waals surface area contributed by atoms with E-state index in [4.69, 9.17) is 4.52 Å². The minimum atomic E-state index is -0.176. The average molecular weight is 402 g/mol. The third-order valence-electron chi connectivity index (χ3n) is 5.80. The fourth-order valence-electron chi connectivity index (χ4n) is 3.91. The zero-order valence-electron chi connectivity index (χ0n) is 16.7. The second-order valence-corrected chi connectivity index (χ2v) is 7.94. The van der Waals surface area contributed by atoms with E-state index in [1.54, 1.807) is 11.1 Å². The molecular weight excluding hydrogens is 380 g/mol. The SMILES string of the molecule is CN1C(=O)CCc2cc(-c3cncc(CNC(=O)c4cnoc4C4CC4)c3)ccc21. The third kappa shape index (κ3) is 3.47. The highest BCUT2D eigenvalue weighted by Gasteiger charge is 2.32. The Labute approximate surface area is 174 Å². The number of carbonyl (C=O) groups excluding carboxylic acids is 2. The number of aromatic nitrogens is 2. The summed E-state index contributed by atoms with van der Waals surface area (Å²) in [6.45, 7) is 0.372. The monoisotopic (exact) mass is 402 g/mol. The van der Waals surface area contributed by atoms with Crippen LogP contribution in [0.3, 0.4) is 0 Å². The van der Waals surface area contributed by atoms with Crippen LogP contribution in [-0.2, 0) is 17.8 Å². The maximum absolute atomic E-state index is 12.5. The van der Waals surface area contributed by atoms with E-state index >= 15 is 0 Å². The molecule has 1 aliphatic carbocycles. The van der Waals surface area contributed by atoms with Gasteiger partial charge in [-0.2, -0.15) is 0 Å². The van der Waals surface area contributed by atoms with E-state index in [2.05, 4.69) is 21.5 Å². The van der Waals surface area contributed by atoms with Gasteiger partial charge < -0.3 is 14.7 Å². The van der Waals surface area contributed by atoms with Crippen LogP contribution < -0.4 is 10.2 Å². The van der Waals surface area contributed by atoms with Gasteiger partial charge in [-0.25, -0.2) is 0 Å². The van der Waals surface area contributed by atoms with Crippen molar-refractivity contribution in [1.29, 1.82) is 0 Å². The van der Waals surface area contributed by atoms with Gasteiger partial charge in [0.05, 0.1) is 6.20 Å². The van der Waals surface area contributed by atoms with E-state index in [0.717, 1.165) is 47.2 Å². The van der Waals surface area contributed by atoms with Crippen molar-refractivity contribution < 1.29 is 14.1 Å². The highest BCUT2D eigenvalue weighted by molar-refractivity contribution is 5.96. The summed E-state index contributed by atoms with van der Waals surface area (Å²) in [6.07, 6.45) is 8.44. The summed E-state index contributed by atoms with van der Waals surface area (Å²) in [5, 5.41) is 6.73. The molecule has 2 aromatic heterocycles. The maximum atomic E-state index is 12.5. The summed E-state index contributed by atoms with van der Waals surface area (Å²) >= 11 is 0. The fraction of sp³-hybridized carbons (Fsp3) is 0.304. The number of fused-ring (bicyclic) bond motifs is 1. The van der Waals surface area contributed by atoms with Crippen LogP contribution in [-0.4, -0.2) is 29.0 Å². The molecule has 1 aromatic carbocycles. The first-order chi connectivity index (χ1) is 14.6. The zero-order chi connectivity index (χ0) is 20.7. The minimum absolute atomic E-state index is 0.146. The van der Waals surface area contributed by atoms with Crippen LogP contribution in [0.1, 0.15) is 52.4 Å². The van der Waals surface area contributed by atoms with Crippen molar-refractivity contribution in [2.45, 2.75) is 38.1 Å². The molecule has 0 bridgehead atoms. The zero-order valence-corrected chi connectivity index (χ0v) is 16.7. The lowest BCUT2D eigenvalue weighted by atomic mass is 9.96. The van der Waals surface area contributed by atoms with Gasteiger partial charge in [0.2, 0.25) is 5.91 Å². The molecule has 0 atom stereocenters. The molecule has 3 heterocycles. The summed E-state index contributed by atoms with van der Waals surface area (Å²) in [4.78, 5) is 30.5. The second-order valence-electron chi connectivity index (χ2n) is 7.94. The Kier molecular flexibility index (Phi) is 4.58. The molecule has 3 aromatic rings. The number of pyridine rings is 1. The molecule has 30 heavy (non-hydrogen) atoms. The molecule has 152 valence electrons. The van der Waals surface area contributed by atoms with Gasteiger partial charge in [0.15, 0.2) is 5.76 Å².